The zero-order valence-electron chi connectivity index (χ0n) is 11.7. The van der Waals surface area contributed by atoms with Gasteiger partial charge in [-0.2, -0.15) is 0 Å². The molecule has 0 heterocycles. The van der Waals surface area contributed by atoms with Gasteiger partial charge in [0, 0.05) is 17.2 Å². The van der Waals surface area contributed by atoms with Crippen LogP contribution in [0.3, 0.4) is 0 Å². The number of aliphatic hydroxyl groups is 1. The number of aromatic hydroxyl groups is 1. The summed E-state index contributed by atoms with van der Waals surface area (Å²) in [5.41, 5.74) is 6.04. The molecule has 3 rings (SSSR count). The predicted molar refractivity (Wildman–Crippen MR) is 78.1 cm³/mol. The summed E-state index contributed by atoms with van der Waals surface area (Å²) in [6.45, 7) is 1.36. The molecule has 112 valence electrons. The van der Waals surface area contributed by atoms with Gasteiger partial charge in [-0.05, 0) is 6.92 Å². The number of aliphatic hydroxyl groups excluding tert-OH is 1. The van der Waals surface area contributed by atoms with Crippen molar-refractivity contribution in [3.8, 4) is 11.5 Å². The first-order chi connectivity index (χ1) is 10.4. The van der Waals surface area contributed by atoms with Crippen LogP contribution < -0.4 is 10.5 Å². The molecule has 0 saturated carbocycles. The van der Waals surface area contributed by atoms with E-state index in [0.717, 1.165) is 6.07 Å². The molecular weight excluding hydrogens is 286 g/mol. The molecule has 1 unspecified atom stereocenters. The summed E-state index contributed by atoms with van der Waals surface area (Å²) in [6.07, 6.45) is -1.18. The largest absolute Gasteiger partial charge is 0.507 e. The Bertz CT molecular complexity index is 810. The van der Waals surface area contributed by atoms with E-state index in [1.807, 2.05) is 0 Å². The van der Waals surface area contributed by atoms with Gasteiger partial charge in [0.1, 0.15) is 11.5 Å². The van der Waals surface area contributed by atoms with E-state index in [-0.39, 0.29) is 33.7 Å². The number of carbonyl (C=O) groups excluding carboxylic acids is 2. The second-order valence-corrected chi connectivity index (χ2v) is 4.98. The van der Waals surface area contributed by atoms with Gasteiger partial charge in [0.05, 0.1) is 16.8 Å². The zero-order valence-corrected chi connectivity index (χ0v) is 11.7. The highest BCUT2D eigenvalue weighted by Gasteiger charge is 2.35. The van der Waals surface area contributed by atoms with E-state index in [9.17, 15) is 19.8 Å². The summed E-state index contributed by atoms with van der Waals surface area (Å²) in [4.78, 5) is 25.1. The maximum Gasteiger partial charge on any atom is 0.198 e. The molecule has 2 aromatic carbocycles. The number of hydrogen-bond acceptors (Lipinski definition) is 6. The van der Waals surface area contributed by atoms with Crippen molar-refractivity contribution < 1.29 is 24.5 Å². The van der Waals surface area contributed by atoms with Crippen molar-refractivity contribution in [3.63, 3.8) is 0 Å². The average molecular weight is 299 g/mol. The Kier molecular flexibility index (Phi) is 3.11. The number of carbonyl (C=O) groups is 2. The number of phenols is 1. The van der Waals surface area contributed by atoms with Gasteiger partial charge >= 0.3 is 0 Å². The van der Waals surface area contributed by atoms with E-state index in [1.54, 1.807) is 12.1 Å². The molecule has 0 radical (unpaired) electrons. The van der Waals surface area contributed by atoms with Crippen LogP contribution >= 0.6 is 0 Å². The van der Waals surface area contributed by atoms with Crippen molar-refractivity contribution in [1.29, 1.82) is 0 Å². The number of rotatable bonds is 2. The maximum absolute atomic E-state index is 12.6. The third kappa shape index (κ3) is 1.93. The number of hydrogen-bond donors (Lipinski definition) is 3. The Morgan fingerprint density at radius 2 is 1.64 bits per heavy atom. The van der Waals surface area contributed by atoms with Crippen LogP contribution in [0, 0.1) is 0 Å². The molecule has 0 aliphatic heterocycles. The van der Waals surface area contributed by atoms with E-state index in [2.05, 4.69) is 0 Å². The normalized spacial score (nSPS) is 14.3. The number of anilines is 1. The molecule has 4 N–H and O–H groups in total. The van der Waals surface area contributed by atoms with Crippen LogP contribution in [-0.2, 0) is 0 Å². The molecular formula is C16H13NO5. The highest BCUT2D eigenvalue weighted by molar-refractivity contribution is 6.31. The fourth-order valence-corrected chi connectivity index (χ4v) is 2.56. The van der Waals surface area contributed by atoms with Gasteiger partial charge in [-0.15, -0.1) is 0 Å². The summed E-state index contributed by atoms with van der Waals surface area (Å²) < 4.78 is 5.07. The Hall–Kier alpha value is -2.86. The fraction of sp³-hybridized carbons (Fsp3) is 0.125. The van der Waals surface area contributed by atoms with Crippen LogP contribution in [0.25, 0.3) is 0 Å². The van der Waals surface area contributed by atoms with Crippen molar-refractivity contribution >= 4 is 17.3 Å². The van der Waals surface area contributed by atoms with E-state index >= 15 is 0 Å². The monoisotopic (exact) mass is 299 g/mol. The van der Waals surface area contributed by atoms with Gasteiger partial charge in [0.25, 0.3) is 0 Å². The van der Waals surface area contributed by atoms with E-state index in [4.69, 9.17) is 10.5 Å². The lowest BCUT2D eigenvalue weighted by Gasteiger charge is -2.22. The molecule has 6 heteroatoms. The second-order valence-electron chi connectivity index (χ2n) is 4.98. The quantitative estimate of drug-likeness (QED) is 0.375. The summed E-state index contributed by atoms with van der Waals surface area (Å²) in [6, 6.07) is 7.45. The molecule has 6 nitrogen and oxygen atoms in total. The summed E-state index contributed by atoms with van der Waals surface area (Å²) in [5.74, 6) is -1.40. The number of phenolic OH excluding ortho intramolecular Hbond substituents is 1. The topological polar surface area (TPSA) is 110 Å². The zero-order chi connectivity index (χ0) is 16.0. The lowest BCUT2D eigenvalue weighted by molar-refractivity contribution is 0.000111. The van der Waals surface area contributed by atoms with E-state index in [0.29, 0.717) is 0 Å². The number of fused-ring (bicyclic) bond motifs is 2. The van der Waals surface area contributed by atoms with Gasteiger partial charge in [-0.25, -0.2) is 0 Å². The van der Waals surface area contributed by atoms with Gasteiger partial charge in [-0.1, -0.05) is 24.3 Å². The molecule has 1 aliphatic rings. The second kappa shape index (κ2) is 4.85. The Morgan fingerprint density at radius 3 is 2.18 bits per heavy atom. The fourth-order valence-electron chi connectivity index (χ4n) is 2.56. The first-order valence-corrected chi connectivity index (χ1v) is 6.60. The van der Waals surface area contributed by atoms with Crippen molar-refractivity contribution in [2.45, 2.75) is 13.2 Å². The Morgan fingerprint density at radius 1 is 1.09 bits per heavy atom. The van der Waals surface area contributed by atoms with Crippen LogP contribution in [-0.4, -0.2) is 28.1 Å². The molecule has 0 spiro atoms. The maximum atomic E-state index is 12.6. The van der Waals surface area contributed by atoms with Crippen LogP contribution in [0.2, 0.25) is 0 Å². The van der Waals surface area contributed by atoms with Gasteiger partial charge < -0.3 is 20.7 Å². The first kappa shape index (κ1) is 14.1. The number of nitrogens with two attached hydrogens (primary N) is 1. The minimum Gasteiger partial charge on any atom is -0.507 e. The Labute approximate surface area is 125 Å². The Balaban J connectivity index is 2.29. The van der Waals surface area contributed by atoms with E-state index < -0.39 is 23.6 Å². The van der Waals surface area contributed by atoms with Crippen molar-refractivity contribution in [2.75, 3.05) is 5.73 Å². The minimum absolute atomic E-state index is 0.0493. The van der Waals surface area contributed by atoms with Crippen molar-refractivity contribution in [2.24, 2.45) is 0 Å². The molecule has 0 bridgehead atoms. The highest BCUT2D eigenvalue weighted by Crippen LogP contribution is 2.41. The molecule has 1 aliphatic carbocycles. The molecule has 0 amide bonds. The third-order valence-electron chi connectivity index (χ3n) is 3.48. The van der Waals surface area contributed by atoms with Crippen LogP contribution in [0.15, 0.2) is 30.3 Å². The highest BCUT2D eigenvalue weighted by atomic mass is 16.6. The lowest BCUT2D eigenvalue weighted by atomic mass is 9.82. The van der Waals surface area contributed by atoms with Crippen molar-refractivity contribution in [3.05, 3.63) is 52.6 Å². The molecule has 0 fully saturated rings. The molecule has 22 heavy (non-hydrogen) atoms. The molecule has 1 atom stereocenters. The van der Waals surface area contributed by atoms with Crippen molar-refractivity contribution in [1.82, 2.24) is 0 Å². The van der Waals surface area contributed by atoms with Gasteiger partial charge in [-0.3, -0.25) is 9.59 Å². The van der Waals surface area contributed by atoms with E-state index in [1.165, 1.54) is 19.1 Å². The van der Waals surface area contributed by atoms with Crippen LogP contribution in [0.5, 0.6) is 11.5 Å². The average Bonchev–Trinajstić information content (AvgIpc) is 2.47. The smallest absolute Gasteiger partial charge is 0.198 e. The number of ether oxygens (including phenoxy) is 1. The van der Waals surface area contributed by atoms with Gasteiger partial charge in [0.2, 0.25) is 0 Å². The van der Waals surface area contributed by atoms with Crippen LogP contribution in [0.1, 0.15) is 38.8 Å². The molecule has 0 saturated heterocycles. The lowest BCUT2D eigenvalue weighted by Crippen LogP contribution is -2.23. The third-order valence-corrected chi connectivity index (χ3v) is 3.48. The number of ketones is 2. The number of benzene rings is 2. The minimum atomic E-state index is -1.18. The summed E-state index contributed by atoms with van der Waals surface area (Å²) >= 11 is 0. The molecule has 0 aromatic heterocycles. The van der Waals surface area contributed by atoms with Crippen LogP contribution in [0.4, 0.5) is 5.69 Å². The SMILES string of the molecule is CC(O)Oc1cc(O)c2c(c1N)C(=O)c1ccccc1C2=O. The number of nitrogen functional groups attached to an aromatic ring is 1. The standard InChI is InChI=1S/C16H13NO5/c1-7(18)22-11-6-10(19)12-13(14(11)17)16(21)9-5-3-2-4-8(9)15(12)20/h2-7,18-19H,17H2,1H3. The summed E-state index contributed by atoms with van der Waals surface area (Å²) in [5, 5.41) is 19.4. The summed E-state index contributed by atoms with van der Waals surface area (Å²) in [7, 11) is 0. The predicted octanol–water partition coefficient (Wildman–Crippen LogP) is 1.47. The van der Waals surface area contributed by atoms with Gasteiger partial charge in [0.15, 0.2) is 17.9 Å². The molecule has 2 aromatic rings. The first-order valence-electron chi connectivity index (χ1n) is 6.60.